The lowest BCUT2D eigenvalue weighted by atomic mass is 10.2. The van der Waals surface area contributed by atoms with Gasteiger partial charge in [0, 0.05) is 24.3 Å². The molecule has 0 saturated carbocycles. The SMILES string of the molecule is CN(CC(=O)Nc1cccc(C#N)c1)c1nccs1. The van der Waals surface area contributed by atoms with Crippen molar-refractivity contribution in [3.8, 4) is 6.07 Å². The van der Waals surface area contributed by atoms with Crippen LogP contribution in [0, 0.1) is 11.3 Å². The van der Waals surface area contributed by atoms with Gasteiger partial charge in [-0.15, -0.1) is 11.3 Å². The molecule has 0 atom stereocenters. The Morgan fingerprint density at radius 2 is 2.42 bits per heavy atom. The molecule has 1 aromatic carbocycles. The van der Waals surface area contributed by atoms with Gasteiger partial charge in [-0.25, -0.2) is 4.98 Å². The lowest BCUT2D eigenvalue weighted by Gasteiger charge is -2.15. The standard InChI is InChI=1S/C13H12N4OS/c1-17(13-15-5-6-19-13)9-12(18)16-11-4-2-3-10(7-11)8-14/h2-7H,9H2,1H3,(H,16,18). The summed E-state index contributed by atoms with van der Waals surface area (Å²) in [6.07, 6.45) is 1.70. The molecule has 0 saturated heterocycles. The van der Waals surface area contributed by atoms with E-state index < -0.39 is 0 Å². The van der Waals surface area contributed by atoms with Gasteiger partial charge in [-0.05, 0) is 18.2 Å². The van der Waals surface area contributed by atoms with Gasteiger partial charge in [-0.2, -0.15) is 5.26 Å². The van der Waals surface area contributed by atoms with Gasteiger partial charge in [0.15, 0.2) is 5.13 Å². The highest BCUT2D eigenvalue weighted by Crippen LogP contribution is 2.15. The molecule has 0 aliphatic carbocycles. The van der Waals surface area contributed by atoms with Gasteiger partial charge >= 0.3 is 0 Å². The van der Waals surface area contributed by atoms with E-state index >= 15 is 0 Å². The van der Waals surface area contributed by atoms with Crippen LogP contribution >= 0.6 is 11.3 Å². The summed E-state index contributed by atoms with van der Waals surface area (Å²) in [4.78, 5) is 17.8. The first kappa shape index (κ1) is 13.1. The van der Waals surface area contributed by atoms with Gasteiger partial charge in [0.2, 0.25) is 5.91 Å². The van der Waals surface area contributed by atoms with E-state index in [1.165, 1.54) is 11.3 Å². The number of nitrogens with zero attached hydrogens (tertiary/aromatic N) is 3. The highest BCUT2D eigenvalue weighted by Gasteiger charge is 2.09. The van der Waals surface area contributed by atoms with Crippen LogP contribution < -0.4 is 10.2 Å². The van der Waals surface area contributed by atoms with Gasteiger partial charge in [0.25, 0.3) is 0 Å². The minimum atomic E-state index is -0.146. The molecule has 1 amide bonds. The zero-order valence-corrected chi connectivity index (χ0v) is 11.1. The second-order valence-corrected chi connectivity index (χ2v) is 4.78. The van der Waals surface area contributed by atoms with Crippen LogP contribution in [0.5, 0.6) is 0 Å². The molecule has 0 radical (unpaired) electrons. The maximum Gasteiger partial charge on any atom is 0.243 e. The summed E-state index contributed by atoms with van der Waals surface area (Å²) in [5.74, 6) is -0.146. The highest BCUT2D eigenvalue weighted by molar-refractivity contribution is 7.13. The molecule has 2 aromatic rings. The van der Waals surface area contributed by atoms with E-state index in [1.54, 1.807) is 35.4 Å². The molecular weight excluding hydrogens is 260 g/mol. The van der Waals surface area contributed by atoms with Gasteiger partial charge < -0.3 is 10.2 Å². The number of carbonyl (C=O) groups excluding carboxylic acids is 1. The lowest BCUT2D eigenvalue weighted by molar-refractivity contribution is -0.114. The number of aromatic nitrogens is 1. The smallest absolute Gasteiger partial charge is 0.243 e. The van der Waals surface area contributed by atoms with E-state index in [2.05, 4.69) is 10.3 Å². The van der Waals surface area contributed by atoms with Crippen molar-refractivity contribution in [2.75, 3.05) is 23.8 Å². The molecule has 96 valence electrons. The Bertz CT molecular complexity index is 603. The van der Waals surface area contributed by atoms with E-state index in [0.29, 0.717) is 11.3 Å². The zero-order valence-electron chi connectivity index (χ0n) is 10.3. The average Bonchev–Trinajstić information content (AvgIpc) is 2.92. The number of likely N-dealkylation sites (N-methyl/N-ethyl adjacent to an activating group) is 1. The molecule has 1 N–H and O–H groups in total. The van der Waals surface area contributed by atoms with Crippen molar-refractivity contribution in [1.29, 1.82) is 5.26 Å². The van der Waals surface area contributed by atoms with Crippen molar-refractivity contribution in [1.82, 2.24) is 4.98 Å². The largest absolute Gasteiger partial charge is 0.342 e. The number of amides is 1. The first-order valence-electron chi connectivity index (χ1n) is 5.59. The monoisotopic (exact) mass is 272 g/mol. The fourth-order valence-electron chi connectivity index (χ4n) is 1.55. The summed E-state index contributed by atoms with van der Waals surface area (Å²) in [5, 5.41) is 14.2. The first-order chi connectivity index (χ1) is 9.19. The summed E-state index contributed by atoms with van der Waals surface area (Å²) in [6.45, 7) is 0.213. The van der Waals surface area contributed by atoms with Crippen molar-refractivity contribution in [3.05, 3.63) is 41.4 Å². The van der Waals surface area contributed by atoms with Crippen LogP contribution in [0.2, 0.25) is 0 Å². The predicted molar refractivity (Wildman–Crippen MR) is 75.2 cm³/mol. The molecule has 6 heteroatoms. The van der Waals surface area contributed by atoms with Crippen molar-refractivity contribution < 1.29 is 4.79 Å². The quantitative estimate of drug-likeness (QED) is 0.925. The Balaban J connectivity index is 1.96. The number of carbonyl (C=O) groups is 1. The molecule has 0 unspecified atom stereocenters. The molecule has 1 heterocycles. The number of hydrogen-bond donors (Lipinski definition) is 1. The third-order valence-electron chi connectivity index (χ3n) is 2.40. The van der Waals surface area contributed by atoms with E-state index in [-0.39, 0.29) is 12.5 Å². The number of anilines is 2. The lowest BCUT2D eigenvalue weighted by Crippen LogP contribution is -2.29. The molecule has 0 aliphatic heterocycles. The third kappa shape index (κ3) is 3.53. The Hall–Kier alpha value is -2.39. The van der Waals surface area contributed by atoms with Crippen molar-refractivity contribution in [3.63, 3.8) is 0 Å². The molecule has 0 bridgehead atoms. The van der Waals surface area contributed by atoms with Gasteiger partial charge in [0.05, 0.1) is 18.2 Å². The summed E-state index contributed by atoms with van der Waals surface area (Å²) in [6, 6.07) is 8.85. The molecule has 2 rings (SSSR count). The maximum absolute atomic E-state index is 11.9. The van der Waals surface area contributed by atoms with Crippen LogP contribution in [-0.2, 0) is 4.79 Å². The fraction of sp³-hybridized carbons (Fsp3) is 0.154. The molecule has 0 aliphatic rings. The van der Waals surface area contributed by atoms with Gasteiger partial charge in [0.1, 0.15) is 0 Å². The molecule has 1 aromatic heterocycles. The molecule has 0 spiro atoms. The van der Waals surface area contributed by atoms with E-state index in [4.69, 9.17) is 5.26 Å². The van der Waals surface area contributed by atoms with Gasteiger partial charge in [-0.3, -0.25) is 4.79 Å². The van der Waals surface area contributed by atoms with Crippen molar-refractivity contribution >= 4 is 28.1 Å². The third-order valence-corrected chi connectivity index (χ3v) is 3.29. The predicted octanol–water partition coefficient (Wildman–Crippen LogP) is 2.09. The minimum Gasteiger partial charge on any atom is -0.342 e. The number of nitriles is 1. The van der Waals surface area contributed by atoms with E-state index in [0.717, 1.165) is 5.13 Å². The van der Waals surface area contributed by atoms with E-state index in [9.17, 15) is 4.79 Å². The maximum atomic E-state index is 11.9. The zero-order chi connectivity index (χ0) is 13.7. The fourth-order valence-corrected chi connectivity index (χ4v) is 2.16. The Kier molecular flexibility index (Phi) is 4.11. The molecule has 0 fully saturated rings. The number of rotatable bonds is 4. The molecular formula is C13H12N4OS. The number of hydrogen-bond acceptors (Lipinski definition) is 5. The van der Waals surface area contributed by atoms with Gasteiger partial charge in [-0.1, -0.05) is 6.07 Å². The van der Waals surface area contributed by atoms with Crippen molar-refractivity contribution in [2.45, 2.75) is 0 Å². The Morgan fingerprint density at radius 3 is 3.11 bits per heavy atom. The Labute approximate surface area is 115 Å². The van der Waals surface area contributed by atoms with Crippen LogP contribution in [0.1, 0.15) is 5.56 Å². The van der Waals surface area contributed by atoms with Crippen LogP contribution in [0.4, 0.5) is 10.8 Å². The topological polar surface area (TPSA) is 69.0 Å². The minimum absolute atomic E-state index is 0.146. The normalized spacial score (nSPS) is 9.68. The molecule has 19 heavy (non-hydrogen) atoms. The average molecular weight is 272 g/mol. The first-order valence-corrected chi connectivity index (χ1v) is 6.47. The second kappa shape index (κ2) is 5.98. The van der Waals surface area contributed by atoms with Crippen LogP contribution in [0.25, 0.3) is 0 Å². The van der Waals surface area contributed by atoms with Crippen LogP contribution in [0.3, 0.4) is 0 Å². The van der Waals surface area contributed by atoms with Crippen molar-refractivity contribution in [2.24, 2.45) is 0 Å². The van der Waals surface area contributed by atoms with Crippen LogP contribution in [-0.4, -0.2) is 24.5 Å². The number of thiazole rings is 1. The summed E-state index contributed by atoms with van der Waals surface area (Å²) in [5.41, 5.74) is 1.14. The summed E-state index contributed by atoms with van der Waals surface area (Å²) >= 11 is 1.48. The second-order valence-electron chi connectivity index (χ2n) is 3.91. The molecule has 5 nitrogen and oxygen atoms in total. The summed E-state index contributed by atoms with van der Waals surface area (Å²) < 4.78 is 0. The highest BCUT2D eigenvalue weighted by atomic mass is 32.1. The Morgan fingerprint density at radius 1 is 1.58 bits per heavy atom. The van der Waals surface area contributed by atoms with E-state index in [1.807, 2.05) is 18.5 Å². The summed E-state index contributed by atoms with van der Waals surface area (Å²) in [7, 11) is 1.81. The van der Waals surface area contributed by atoms with Crippen LogP contribution in [0.15, 0.2) is 35.8 Å². The number of nitrogens with one attached hydrogen (secondary N) is 1. The number of benzene rings is 1.